The molecule has 0 aliphatic carbocycles. The number of carbonyl (C=O) groups excluding carboxylic acids is 1. The fourth-order valence-electron chi connectivity index (χ4n) is 2.48. The van der Waals surface area contributed by atoms with E-state index in [1.807, 2.05) is 0 Å². The van der Waals surface area contributed by atoms with E-state index in [1.54, 1.807) is 12.1 Å². The van der Waals surface area contributed by atoms with Gasteiger partial charge in [-0.25, -0.2) is 13.2 Å². The molecule has 5 nitrogen and oxygen atoms in total. The molecule has 0 amide bonds. The van der Waals surface area contributed by atoms with Crippen LogP contribution in [0.4, 0.5) is 0 Å². The summed E-state index contributed by atoms with van der Waals surface area (Å²) in [6.07, 6.45) is 1.49. The van der Waals surface area contributed by atoms with Crippen LogP contribution in [0.15, 0.2) is 59.0 Å². The highest BCUT2D eigenvalue weighted by molar-refractivity contribution is 7.91. The second-order valence-corrected chi connectivity index (χ2v) is 7.14. The molecule has 0 unspecified atom stereocenters. The van der Waals surface area contributed by atoms with Gasteiger partial charge in [-0.15, -0.1) is 0 Å². The zero-order valence-corrected chi connectivity index (χ0v) is 12.7. The van der Waals surface area contributed by atoms with E-state index in [-0.39, 0.29) is 33.1 Å². The SMILES string of the molecule is O=C(O)c1ccc(/C=C2\CS(=O)(=O)c3ccccc3C2=O)cc1. The quantitative estimate of drug-likeness (QED) is 0.855. The standard InChI is InChI=1S/C17H12O5S/c18-16-13(9-11-5-7-12(8-6-11)17(19)20)10-23(21,22)15-4-2-1-3-14(15)16/h1-9H,10H2,(H,19,20)/b13-9+. The predicted molar refractivity (Wildman–Crippen MR) is 84.2 cm³/mol. The Kier molecular flexibility index (Phi) is 3.61. The summed E-state index contributed by atoms with van der Waals surface area (Å²) in [5.74, 6) is -1.73. The van der Waals surface area contributed by atoms with Crippen LogP contribution in [0.5, 0.6) is 0 Å². The highest BCUT2D eigenvalue weighted by Crippen LogP contribution is 2.28. The number of hydrogen-bond donors (Lipinski definition) is 1. The molecule has 2 aromatic carbocycles. The first-order valence-electron chi connectivity index (χ1n) is 6.79. The Hall–Kier alpha value is -2.73. The largest absolute Gasteiger partial charge is 0.478 e. The minimum Gasteiger partial charge on any atom is -0.478 e. The van der Waals surface area contributed by atoms with Crippen molar-refractivity contribution in [3.05, 3.63) is 70.8 Å². The van der Waals surface area contributed by atoms with Gasteiger partial charge in [-0.1, -0.05) is 24.3 Å². The Balaban J connectivity index is 2.04. The molecule has 1 aliphatic heterocycles. The molecule has 0 saturated heterocycles. The number of carboxylic acids is 1. The van der Waals surface area contributed by atoms with Gasteiger partial charge >= 0.3 is 5.97 Å². The average Bonchev–Trinajstić information content (AvgIpc) is 2.53. The molecule has 0 fully saturated rings. The third-order valence-corrected chi connectivity index (χ3v) is 5.32. The van der Waals surface area contributed by atoms with Gasteiger partial charge in [-0.3, -0.25) is 4.79 Å². The van der Waals surface area contributed by atoms with Crippen LogP contribution in [0.3, 0.4) is 0 Å². The van der Waals surface area contributed by atoms with Crippen LogP contribution in [0.2, 0.25) is 0 Å². The van der Waals surface area contributed by atoms with E-state index in [0.717, 1.165) is 0 Å². The van der Waals surface area contributed by atoms with Crippen molar-refractivity contribution in [1.82, 2.24) is 0 Å². The summed E-state index contributed by atoms with van der Waals surface area (Å²) < 4.78 is 24.6. The minimum absolute atomic E-state index is 0.0587. The number of ketones is 1. The van der Waals surface area contributed by atoms with Crippen molar-refractivity contribution in [3.63, 3.8) is 0 Å². The number of carboxylic acid groups (broad SMARTS) is 1. The van der Waals surface area contributed by atoms with E-state index in [1.165, 1.54) is 42.5 Å². The fraction of sp³-hybridized carbons (Fsp3) is 0.0588. The second kappa shape index (κ2) is 5.48. The van der Waals surface area contributed by atoms with Gasteiger partial charge in [0.2, 0.25) is 0 Å². The molecule has 0 spiro atoms. The van der Waals surface area contributed by atoms with Gasteiger partial charge in [-0.2, -0.15) is 0 Å². The molecule has 1 aliphatic rings. The molecular weight excluding hydrogens is 316 g/mol. The molecule has 2 aromatic rings. The summed E-state index contributed by atoms with van der Waals surface area (Å²) in [6, 6.07) is 12.0. The Morgan fingerprint density at radius 3 is 2.35 bits per heavy atom. The molecule has 116 valence electrons. The Bertz CT molecular complexity index is 937. The van der Waals surface area contributed by atoms with E-state index in [4.69, 9.17) is 5.11 Å². The van der Waals surface area contributed by atoms with Crippen LogP contribution in [0.25, 0.3) is 6.08 Å². The van der Waals surface area contributed by atoms with Gasteiger partial charge in [0, 0.05) is 11.1 Å². The molecule has 0 aromatic heterocycles. The molecule has 0 atom stereocenters. The van der Waals surface area contributed by atoms with Crippen LogP contribution < -0.4 is 0 Å². The molecule has 0 saturated carbocycles. The van der Waals surface area contributed by atoms with Gasteiger partial charge in [0.1, 0.15) is 0 Å². The van der Waals surface area contributed by atoms with Crippen molar-refractivity contribution in [2.75, 3.05) is 5.75 Å². The fourth-order valence-corrected chi connectivity index (χ4v) is 4.04. The number of hydrogen-bond acceptors (Lipinski definition) is 4. The van der Waals surface area contributed by atoms with E-state index in [0.29, 0.717) is 5.56 Å². The summed E-state index contributed by atoms with van der Waals surface area (Å²) in [4.78, 5) is 23.3. The smallest absolute Gasteiger partial charge is 0.335 e. The van der Waals surface area contributed by atoms with Crippen LogP contribution >= 0.6 is 0 Å². The van der Waals surface area contributed by atoms with E-state index < -0.39 is 15.8 Å². The Labute approximate surface area is 132 Å². The first-order valence-corrected chi connectivity index (χ1v) is 8.44. The monoisotopic (exact) mass is 328 g/mol. The number of Topliss-reactive ketones (excluding diaryl/α,β-unsaturated/α-hetero) is 1. The highest BCUT2D eigenvalue weighted by Gasteiger charge is 2.32. The van der Waals surface area contributed by atoms with Crippen molar-refractivity contribution >= 4 is 27.7 Å². The molecule has 23 heavy (non-hydrogen) atoms. The minimum atomic E-state index is -3.55. The summed E-state index contributed by atoms with van der Waals surface area (Å²) in [6.45, 7) is 0. The maximum atomic E-state index is 12.5. The molecule has 0 radical (unpaired) electrons. The maximum absolute atomic E-state index is 12.5. The Morgan fingerprint density at radius 2 is 1.70 bits per heavy atom. The lowest BCUT2D eigenvalue weighted by Crippen LogP contribution is -2.24. The summed E-state index contributed by atoms with van der Waals surface area (Å²) >= 11 is 0. The van der Waals surface area contributed by atoms with Gasteiger partial charge in [-0.05, 0) is 35.9 Å². The van der Waals surface area contributed by atoms with E-state index in [9.17, 15) is 18.0 Å². The van der Waals surface area contributed by atoms with Crippen LogP contribution in [-0.4, -0.2) is 31.0 Å². The van der Waals surface area contributed by atoms with Gasteiger partial charge in [0.15, 0.2) is 15.6 Å². The number of carbonyl (C=O) groups is 2. The van der Waals surface area contributed by atoms with Gasteiger partial charge < -0.3 is 5.11 Å². The number of sulfone groups is 1. The normalized spacial score (nSPS) is 17.7. The first kappa shape index (κ1) is 15.2. The summed E-state index contributed by atoms with van der Waals surface area (Å²) in [5.41, 5.74) is 1.05. The van der Waals surface area contributed by atoms with Crippen molar-refractivity contribution in [1.29, 1.82) is 0 Å². The summed E-state index contributed by atoms with van der Waals surface area (Å²) in [7, 11) is -3.55. The molecule has 6 heteroatoms. The summed E-state index contributed by atoms with van der Waals surface area (Å²) in [5, 5.41) is 8.87. The predicted octanol–water partition coefficient (Wildman–Crippen LogP) is 2.44. The van der Waals surface area contributed by atoms with Crippen molar-refractivity contribution in [3.8, 4) is 0 Å². The highest BCUT2D eigenvalue weighted by atomic mass is 32.2. The molecule has 0 bridgehead atoms. The average molecular weight is 328 g/mol. The molecule has 1 N–H and O–H groups in total. The van der Waals surface area contributed by atoms with Crippen LogP contribution in [-0.2, 0) is 9.84 Å². The van der Waals surface area contributed by atoms with Gasteiger partial charge in [0.25, 0.3) is 0 Å². The number of aromatic carboxylic acids is 1. The molecule has 1 heterocycles. The third-order valence-electron chi connectivity index (χ3n) is 3.60. The van der Waals surface area contributed by atoms with Gasteiger partial charge in [0.05, 0.1) is 16.2 Å². The van der Waals surface area contributed by atoms with Crippen molar-refractivity contribution < 1.29 is 23.1 Å². The molecule has 3 rings (SSSR count). The number of fused-ring (bicyclic) bond motifs is 1. The second-order valence-electron chi connectivity index (χ2n) is 5.18. The number of benzene rings is 2. The van der Waals surface area contributed by atoms with Crippen LogP contribution in [0, 0.1) is 0 Å². The molecular formula is C17H12O5S. The lowest BCUT2D eigenvalue weighted by molar-refractivity contribution is 0.0696. The van der Waals surface area contributed by atoms with Crippen LogP contribution in [0.1, 0.15) is 26.3 Å². The topological polar surface area (TPSA) is 88.5 Å². The zero-order valence-electron chi connectivity index (χ0n) is 11.9. The maximum Gasteiger partial charge on any atom is 0.335 e. The van der Waals surface area contributed by atoms with Crippen molar-refractivity contribution in [2.45, 2.75) is 4.90 Å². The lowest BCUT2D eigenvalue weighted by atomic mass is 10.0. The van der Waals surface area contributed by atoms with E-state index in [2.05, 4.69) is 0 Å². The lowest BCUT2D eigenvalue weighted by Gasteiger charge is -2.17. The number of rotatable bonds is 2. The Morgan fingerprint density at radius 1 is 1.04 bits per heavy atom. The first-order chi connectivity index (χ1) is 10.9. The third kappa shape index (κ3) is 2.80. The van der Waals surface area contributed by atoms with Crippen molar-refractivity contribution in [2.24, 2.45) is 0 Å². The van der Waals surface area contributed by atoms with E-state index >= 15 is 0 Å². The zero-order chi connectivity index (χ0) is 16.6.